The van der Waals surface area contributed by atoms with Crippen LogP contribution in [0.4, 0.5) is 10.1 Å². The summed E-state index contributed by atoms with van der Waals surface area (Å²) in [6.45, 7) is 4.61. The number of piperazine rings is 1. The molecule has 2 aromatic rings. The lowest BCUT2D eigenvalue weighted by molar-refractivity contribution is -0.135. The number of nitrogens with one attached hydrogen (secondary N) is 1. The topological polar surface area (TPSA) is 91.4 Å². The molecule has 2 fully saturated rings. The number of nitrogens with zero attached hydrogens (tertiary/aromatic N) is 3. The van der Waals surface area contributed by atoms with Gasteiger partial charge in [-0.3, -0.25) is 14.4 Å². The minimum atomic E-state index is -0.635. The molecule has 1 N–H and O–H groups in total. The van der Waals surface area contributed by atoms with E-state index in [0.29, 0.717) is 62.0 Å². The third-order valence-electron chi connectivity index (χ3n) is 8.49. The van der Waals surface area contributed by atoms with Crippen molar-refractivity contribution in [3.05, 3.63) is 69.5 Å². The molecule has 9 nitrogen and oxygen atoms in total. The molecule has 4 aliphatic rings. The van der Waals surface area contributed by atoms with Crippen LogP contribution in [0.2, 0.25) is 5.02 Å². The first-order chi connectivity index (χ1) is 20.8. The summed E-state index contributed by atoms with van der Waals surface area (Å²) in [5.74, 6) is -1.15. The second-order valence-corrected chi connectivity index (χ2v) is 11.6. The van der Waals surface area contributed by atoms with Crippen molar-refractivity contribution in [2.75, 3.05) is 71.0 Å². The van der Waals surface area contributed by atoms with Crippen LogP contribution < -0.4 is 15.0 Å². The highest BCUT2D eigenvalue weighted by molar-refractivity contribution is 6.31. The summed E-state index contributed by atoms with van der Waals surface area (Å²) in [6, 6.07) is 6.47. The zero-order valence-corrected chi connectivity index (χ0v) is 24.8. The zero-order chi connectivity index (χ0) is 30.1. The van der Waals surface area contributed by atoms with Crippen LogP contribution in [0, 0.1) is 5.82 Å². The Morgan fingerprint density at radius 3 is 2.56 bits per heavy atom. The van der Waals surface area contributed by atoms with Gasteiger partial charge in [0, 0.05) is 80.6 Å². The lowest BCUT2D eigenvalue weighted by Crippen LogP contribution is -2.50. The highest BCUT2D eigenvalue weighted by Crippen LogP contribution is 2.48. The molecule has 2 aromatic carbocycles. The van der Waals surface area contributed by atoms with Crippen LogP contribution in [0.15, 0.2) is 42.0 Å². The molecule has 2 bridgehead atoms. The zero-order valence-electron chi connectivity index (χ0n) is 24.1. The van der Waals surface area contributed by atoms with Gasteiger partial charge in [0.05, 0.1) is 5.57 Å². The largest absolute Gasteiger partial charge is 0.454 e. The van der Waals surface area contributed by atoms with E-state index in [4.69, 9.17) is 21.1 Å². The molecule has 226 valence electrons. The Morgan fingerprint density at radius 2 is 1.81 bits per heavy atom. The molecule has 2 saturated heterocycles. The van der Waals surface area contributed by atoms with E-state index in [-0.39, 0.29) is 35.1 Å². The first kappa shape index (κ1) is 29.3. The summed E-state index contributed by atoms with van der Waals surface area (Å²) in [7, 11) is 1.47. The van der Waals surface area contributed by atoms with Gasteiger partial charge in [-0.1, -0.05) is 17.7 Å². The number of amides is 2. The Balaban J connectivity index is 1.38. The van der Waals surface area contributed by atoms with E-state index < -0.39 is 17.5 Å². The fraction of sp³-hybridized carbons (Fsp3) is 0.406. The van der Waals surface area contributed by atoms with Gasteiger partial charge in [0.15, 0.2) is 17.3 Å². The SMILES string of the molecule is COCC(=O)N1CCN(c2c(F)cc3c4c2Oc2cc(Cl)ccc2C(=C/C=C(/C(=O)NCCN2CCCC2)C3=O)C4)CC1. The number of ether oxygens (including phenoxy) is 2. The van der Waals surface area contributed by atoms with E-state index in [0.717, 1.165) is 37.1 Å². The second-order valence-electron chi connectivity index (χ2n) is 11.2. The molecule has 2 amide bonds. The number of rotatable bonds is 7. The van der Waals surface area contributed by atoms with Gasteiger partial charge >= 0.3 is 0 Å². The molecule has 0 unspecified atom stereocenters. The molecule has 1 aliphatic carbocycles. The predicted octanol–water partition coefficient (Wildman–Crippen LogP) is 3.84. The van der Waals surface area contributed by atoms with E-state index in [1.807, 2.05) is 11.0 Å². The van der Waals surface area contributed by atoms with Gasteiger partial charge in [-0.05, 0) is 55.8 Å². The maximum atomic E-state index is 16.2. The number of carbonyl (C=O) groups is 3. The van der Waals surface area contributed by atoms with Gasteiger partial charge in [-0.25, -0.2) is 4.39 Å². The lowest BCUT2D eigenvalue weighted by Gasteiger charge is -2.37. The second kappa shape index (κ2) is 12.5. The molecule has 0 aromatic heterocycles. The van der Waals surface area contributed by atoms with Crippen LogP contribution in [-0.2, 0) is 20.7 Å². The van der Waals surface area contributed by atoms with E-state index in [9.17, 15) is 14.4 Å². The molecular weight excluding hydrogens is 575 g/mol. The normalized spacial score (nSPS) is 19.4. The van der Waals surface area contributed by atoms with Gasteiger partial charge in [0.25, 0.3) is 5.91 Å². The summed E-state index contributed by atoms with van der Waals surface area (Å²) < 4.78 is 27.6. The first-order valence-corrected chi connectivity index (χ1v) is 15.0. The fourth-order valence-electron chi connectivity index (χ4n) is 6.24. The van der Waals surface area contributed by atoms with Gasteiger partial charge < -0.3 is 29.5 Å². The van der Waals surface area contributed by atoms with Crippen LogP contribution in [0.5, 0.6) is 11.5 Å². The fourth-order valence-corrected chi connectivity index (χ4v) is 6.40. The molecule has 0 radical (unpaired) electrons. The Bertz CT molecular complexity index is 1530. The summed E-state index contributed by atoms with van der Waals surface area (Å²) in [5.41, 5.74) is 2.32. The predicted molar refractivity (Wildman–Crippen MR) is 161 cm³/mol. The number of allylic oxidation sites excluding steroid dienone is 3. The molecule has 43 heavy (non-hydrogen) atoms. The Morgan fingerprint density at radius 1 is 1.05 bits per heavy atom. The smallest absolute Gasteiger partial charge is 0.255 e. The summed E-state index contributed by atoms with van der Waals surface area (Å²) in [6.07, 6.45) is 5.88. The highest BCUT2D eigenvalue weighted by Gasteiger charge is 2.35. The third-order valence-corrected chi connectivity index (χ3v) is 8.73. The van der Waals surface area contributed by atoms with E-state index in [2.05, 4.69) is 10.2 Å². The summed E-state index contributed by atoms with van der Waals surface area (Å²) >= 11 is 6.35. The Hall–Kier alpha value is -3.73. The quantitative estimate of drug-likeness (QED) is 0.478. The van der Waals surface area contributed by atoms with Crippen molar-refractivity contribution < 1.29 is 28.2 Å². The van der Waals surface area contributed by atoms with Crippen molar-refractivity contribution in [2.24, 2.45) is 0 Å². The molecule has 0 saturated carbocycles. The van der Waals surface area contributed by atoms with Crippen LogP contribution in [0.1, 0.15) is 34.3 Å². The summed E-state index contributed by atoms with van der Waals surface area (Å²) in [5, 5.41) is 3.34. The van der Waals surface area contributed by atoms with Crippen molar-refractivity contribution in [3.8, 4) is 11.5 Å². The molecule has 3 heterocycles. The summed E-state index contributed by atoms with van der Waals surface area (Å²) in [4.78, 5) is 45.4. The number of fused-ring (bicyclic) bond motifs is 3. The number of hydrogen-bond acceptors (Lipinski definition) is 7. The maximum absolute atomic E-state index is 16.2. The number of hydrogen-bond donors (Lipinski definition) is 1. The number of ketones is 1. The molecule has 11 heteroatoms. The molecule has 6 rings (SSSR count). The van der Waals surface area contributed by atoms with Gasteiger partial charge in [-0.15, -0.1) is 0 Å². The number of Topliss-reactive ketones (excluding diaryl/α,β-unsaturated/α-hetero) is 1. The molecule has 0 atom stereocenters. The minimum absolute atomic E-state index is 0.0159. The van der Waals surface area contributed by atoms with E-state index >= 15 is 4.39 Å². The average Bonchev–Trinajstić information content (AvgIpc) is 3.45. The molecular formula is C32H34ClFN4O5. The standard InChI is InChI=1S/C32H34ClFN4O5/c1-42-19-28(39)37-12-14-38(15-13-37)29-26(34)18-24-25-16-20(22-7-5-21(33)17-27(22)43-31(25)29)4-6-23(30(24)40)32(41)35-8-11-36-9-2-3-10-36/h4-7,17-18H,2-3,8-16,19H2,1H3,(H,35,41)/b20-4?,23-6+. The lowest BCUT2D eigenvalue weighted by atomic mass is 9.87. The number of anilines is 1. The van der Waals surface area contributed by atoms with E-state index in [1.165, 1.54) is 19.3 Å². The molecule has 3 aliphatic heterocycles. The van der Waals surface area contributed by atoms with Crippen molar-refractivity contribution in [3.63, 3.8) is 0 Å². The maximum Gasteiger partial charge on any atom is 0.255 e. The van der Waals surface area contributed by atoms with Crippen molar-refractivity contribution in [2.45, 2.75) is 19.3 Å². The number of benzene rings is 2. The number of methoxy groups -OCH3 is 1. The van der Waals surface area contributed by atoms with Gasteiger partial charge in [-0.2, -0.15) is 0 Å². The van der Waals surface area contributed by atoms with Gasteiger partial charge in [0.2, 0.25) is 5.91 Å². The van der Waals surface area contributed by atoms with Gasteiger partial charge in [0.1, 0.15) is 18.0 Å². The monoisotopic (exact) mass is 608 g/mol. The van der Waals surface area contributed by atoms with Crippen molar-refractivity contribution in [1.82, 2.24) is 15.1 Å². The Kier molecular flexibility index (Phi) is 8.52. The number of likely N-dealkylation sites (tertiary alicyclic amines) is 1. The van der Waals surface area contributed by atoms with Crippen LogP contribution in [0.25, 0.3) is 5.57 Å². The third kappa shape index (κ3) is 5.91. The van der Waals surface area contributed by atoms with Crippen molar-refractivity contribution >= 4 is 40.5 Å². The minimum Gasteiger partial charge on any atom is -0.454 e. The number of carbonyl (C=O) groups excluding carboxylic acids is 3. The highest BCUT2D eigenvalue weighted by atomic mass is 35.5. The van der Waals surface area contributed by atoms with Crippen LogP contribution >= 0.6 is 11.6 Å². The number of halogens is 2. The first-order valence-electron chi connectivity index (χ1n) is 14.6. The van der Waals surface area contributed by atoms with Crippen molar-refractivity contribution in [1.29, 1.82) is 0 Å². The van der Waals surface area contributed by atoms with Crippen LogP contribution in [0.3, 0.4) is 0 Å². The molecule has 0 spiro atoms. The van der Waals surface area contributed by atoms with E-state index in [1.54, 1.807) is 23.1 Å². The Labute approximate surface area is 254 Å². The average molecular weight is 609 g/mol. The van der Waals surface area contributed by atoms with Crippen LogP contribution in [-0.4, -0.2) is 93.5 Å².